The summed E-state index contributed by atoms with van der Waals surface area (Å²) in [6.45, 7) is 8.82. The van der Waals surface area contributed by atoms with Crippen LogP contribution in [0.15, 0.2) is 58.7 Å². The van der Waals surface area contributed by atoms with Crippen LogP contribution in [0.2, 0.25) is 0 Å². The molecule has 1 atom stereocenters. The summed E-state index contributed by atoms with van der Waals surface area (Å²) in [5.74, 6) is 1.43. The van der Waals surface area contributed by atoms with Crippen molar-refractivity contribution in [1.29, 1.82) is 0 Å². The molecule has 0 amide bonds. The summed E-state index contributed by atoms with van der Waals surface area (Å²) in [5.41, 5.74) is 3.47. The molecule has 0 spiro atoms. The number of nitrogens with zero attached hydrogens (tertiary/aromatic N) is 8. The summed E-state index contributed by atoms with van der Waals surface area (Å²) >= 11 is 0. The number of tetrazole rings is 1. The van der Waals surface area contributed by atoms with Gasteiger partial charge in [-0.1, -0.05) is 37.6 Å². The number of allylic oxidation sites excluding steroid dienone is 1. The highest BCUT2D eigenvalue weighted by Crippen LogP contribution is 2.35. The van der Waals surface area contributed by atoms with Crippen molar-refractivity contribution in [2.75, 3.05) is 0 Å². The molecule has 1 unspecified atom stereocenters. The molecule has 0 fully saturated rings. The molecule has 4 aromatic rings. The van der Waals surface area contributed by atoms with E-state index in [2.05, 4.69) is 69.7 Å². The minimum atomic E-state index is -0.449. The van der Waals surface area contributed by atoms with Crippen LogP contribution in [0.25, 0.3) is 17.2 Å². The number of aromatic amines is 1. The SMILES string of the molecule is CCCCc1cn(-c2c(C)cnn2C(C)C)c(=O)n1CC1(c2cccc(-c3nnn[nH]3)c2)C=CN=CC1. The summed E-state index contributed by atoms with van der Waals surface area (Å²) in [4.78, 5) is 18.4. The number of benzene rings is 1. The second-order valence-electron chi connectivity index (χ2n) is 9.99. The van der Waals surface area contributed by atoms with E-state index in [-0.39, 0.29) is 11.7 Å². The summed E-state index contributed by atoms with van der Waals surface area (Å²) in [6.07, 6.45) is 13.3. The fraction of sp³-hybridized carbons (Fsp3) is 0.407. The quantitative estimate of drug-likeness (QED) is 0.371. The molecule has 0 aliphatic carbocycles. The lowest BCUT2D eigenvalue weighted by molar-refractivity contribution is 0.437. The Hall–Kier alpha value is -4.08. The first-order valence-corrected chi connectivity index (χ1v) is 12.8. The smallest absolute Gasteiger partial charge is 0.295 e. The number of rotatable bonds is 9. The van der Waals surface area contributed by atoms with Gasteiger partial charge in [0, 0.05) is 53.4 Å². The lowest BCUT2D eigenvalue weighted by atomic mass is 9.76. The molecule has 1 aromatic carbocycles. The molecule has 10 heteroatoms. The molecule has 1 N–H and O–H groups in total. The molecule has 0 radical (unpaired) electrons. The molecule has 0 saturated heterocycles. The van der Waals surface area contributed by atoms with Crippen molar-refractivity contribution in [2.24, 2.45) is 4.99 Å². The van der Waals surface area contributed by atoms with Gasteiger partial charge in [-0.15, -0.1) is 5.10 Å². The summed E-state index contributed by atoms with van der Waals surface area (Å²) in [6, 6.07) is 8.31. The Bertz CT molecular complexity index is 1490. The minimum Gasteiger partial charge on any atom is -0.295 e. The Balaban J connectivity index is 1.63. The van der Waals surface area contributed by atoms with E-state index in [0.29, 0.717) is 18.8 Å². The van der Waals surface area contributed by atoms with Gasteiger partial charge in [-0.05, 0) is 62.1 Å². The van der Waals surface area contributed by atoms with Crippen molar-refractivity contribution >= 4 is 6.21 Å². The number of imidazole rings is 1. The van der Waals surface area contributed by atoms with Crippen molar-refractivity contribution in [1.82, 2.24) is 39.5 Å². The van der Waals surface area contributed by atoms with E-state index < -0.39 is 5.41 Å². The second-order valence-corrected chi connectivity index (χ2v) is 9.99. The van der Waals surface area contributed by atoms with Crippen molar-refractivity contribution in [2.45, 2.75) is 71.4 Å². The zero-order valence-corrected chi connectivity index (χ0v) is 21.8. The Morgan fingerprint density at radius 1 is 1.24 bits per heavy atom. The molecule has 192 valence electrons. The molecule has 1 aliphatic heterocycles. The van der Waals surface area contributed by atoms with Crippen molar-refractivity contribution < 1.29 is 0 Å². The number of hydrogen-bond donors (Lipinski definition) is 1. The average Bonchev–Trinajstić information content (AvgIpc) is 3.64. The third-order valence-corrected chi connectivity index (χ3v) is 7.05. The van der Waals surface area contributed by atoms with Gasteiger partial charge >= 0.3 is 5.69 Å². The first-order valence-electron chi connectivity index (χ1n) is 12.8. The lowest BCUT2D eigenvalue weighted by Gasteiger charge is -2.32. The molecule has 37 heavy (non-hydrogen) atoms. The predicted molar refractivity (Wildman–Crippen MR) is 143 cm³/mol. The molecular weight excluding hydrogens is 466 g/mol. The topological polar surface area (TPSA) is 112 Å². The first kappa shape index (κ1) is 24.6. The Morgan fingerprint density at radius 3 is 2.81 bits per heavy atom. The van der Waals surface area contributed by atoms with E-state index in [0.717, 1.165) is 47.5 Å². The summed E-state index contributed by atoms with van der Waals surface area (Å²) < 4.78 is 5.64. The van der Waals surface area contributed by atoms with Crippen LogP contribution >= 0.6 is 0 Å². The van der Waals surface area contributed by atoms with Crippen molar-refractivity contribution in [3.8, 4) is 17.2 Å². The molecule has 10 nitrogen and oxygen atoms in total. The summed E-state index contributed by atoms with van der Waals surface area (Å²) in [5, 5.41) is 18.9. The Kier molecular flexibility index (Phi) is 6.73. The zero-order chi connectivity index (χ0) is 26.0. The molecular formula is C27H33N9O. The maximum atomic E-state index is 14.1. The van der Waals surface area contributed by atoms with Crippen LogP contribution in [-0.4, -0.2) is 45.8 Å². The van der Waals surface area contributed by atoms with E-state index in [4.69, 9.17) is 0 Å². The van der Waals surface area contributed by atoms with Crippen LogP contribution in [0, 0.1) is 6.92 Å². The van der Waals surface area contributed by atoms with Crippen molar-refractivity contribution in [3.63, 3.8) is 0 Å². The van der Waals surface area contributed by atoms with E-state index >= 15 is 0 Å². The van der Waals surface area contributed by atoms with E-state index in [1.807, 2.05) is 53.1 Å². The number of aromatic nitrogens is 8. The van der Waals surface area contributed by atoms with Gasteiger partial charge in [0.25, 0.3) is 0 Å². The van der Waals surface area contributed by atoms with Gasteiger partial charge in [0.1, 0.15) is 5.82 Å². The van der Waals surface area contributed by atoms with Crippen LogP contribution in [-0.2, 0) is 18.4 Å². The average molecular weight is 500 g/mol. The Morgan fingerprint density at radius 2 is 2.11 bits per heavy atom. The highest BCUT2D eigenvalue weighted by molar-refractivity contribution is 5.65. The first-order chi connectivity index (χ1) is 17.9. The minimum absolute atomic E-state index is 0.0533. The zero-order valence-electron chi connectivity index (χ0n) is 21.8. The number of hydrogen-bond acceptors (Lipinski definition) is 6. The molecule has 1 aliphatic rings. The molecule has 0 bridgehead atoms. The fourth-order valence-electron chi connectivity index (χ4n) is 5.02. The lowest BCUT2D eigenvalue weighted by Crippen LogP contribution is -2.37. The third kappa shape index (κ3) is 4.59. The van der Waals surface area contributed by atoms with Crippen LogP contribution in [0.1, 0.15) is 62.9 Å². The van der Waals surface area contributed by atoms with Crippen LogP contribution in [0.5, 0.6) is 0 Å². The molecule has 4 heterocycles. The maximum Gasteiger partial charge on any atom is 0.334 e. The third-order valence-electron chi connectivity index (χ3n) is 7.05. The molecule has 5 rings (SSSR count). The number of nitrogens with one attached hydrogen (secondary N) is 1. The monoisotopic (exact) mass is 499 g/mol. The van der Waals surface area contributed by atoms with E-state index in [1.54, 1.807) is 4.57 Å². The second kappa shape index (κ2) is 10.1. The number of unbranched alkanes of at least 4 members (excludes halogenated alkanes) is 1. The van der Waals surface area contributed by atoms with Gasteiger partial charge < -0.3 is 0 Å². The molecule has 3 aromatic heterocycles. The Labute approximate surface area is 215 Å². The largest absolute Gasteiger partial charge is 0.334 e. The van der Waals surface area contributed by atoms with Gasteiger partial charge in [-0.25, -0.2) is 14.6 Å². The fourth-order valence-corrected chi connectivity index (χ4v) is 5.02. The highest BCUT2D eigenvalue weighted by Gasteiger charge is 2.33. The van der Waals surface area contributed by atoms with E-state index in [1.165, 1.54) is 0 Å². The highest BCUT2D eigenvalue weighted by atomic mass is 16.1. The number of aliphatic imine (C=N–C) groups is 1. The number of aryl methyl sites for hydroxylation is 2. The van der Waals surface area contributed by atoms with E-state index in [9.17, 15) is 4.79 Å². The molecule has 0 saturated carbocycles. The predicted octanol–water partition coefficient (Wildman–Crippen LogP) is 4.17. The van der Waals surface area contributed by atoms with Crippen LogP contribution in [0.3, 0.4) is 0 Å². The van der Waals surface area contributed by atoms with Crippen LogP contribution in [0.4, 0.5) is 0 Å². The maximum absolute atomic E-state index is 14.1. The van der Waals surface area contributed by atoms with Gasteiger partial charge in [-0.3, -0.25) is 14.1 Å². The van der Waals surface area contributed by atoms with Gasteiger partial charge in [-0.2, -0.15) is 5.10 Å². The van der Waals surface area contributed by atoms with Crippen LogP contribution < -0.4 is 5.69 Å². The standard InChI is InChI=1S/C27H33N9O/c1-5-6-10-23-17-34(25-20(4)16-29-36(25)19(2)3)26(37)35(23)18-27(11-13-28-14-12-27)22-9-7-8-21(15-22)24-30-32-33-31-24/h7-9,11,13-17,19H,5-6,10,12,18H2,1-4H3,(H,30,31,32,33). The summed E-state index contributed by atoms with van der Waals surface area (Å²) in [7, 11) is 0. The number of H-pyrrole nitrogens is 1. The van der Waals surface area contributed by atoms with Gasteiger partial charge in [0.05, 0.1) is 6.20 Å². The normalized spacial score (nSPS) is 17.2. The van der Waals surface area contributed by atoms with Gasteiger partial charge in [0.2, 0.25) is 0 Å². The van der Waals surface area contributed by atoms with Gasteiger partial charge in [0.15, 0.2) is 5.82 Å². The van der Waals surface area contributed by atoms with Crippen molar-refractivity contribution in [3.05, 3.63) is 76.2 Å².